The van der Waals surface area contributed by atoms with Gasteiger partial charge in [-0.05, 0) is 36.1 Å². The Morgan fingerprint density at radius 1 is 1.24 bits per heavy atom. The Morgan fingerprint density at radius 3 is 2.88 bits per heavy atom. The van der Waals surface area contributed by atoms with Gasteiger partial charge in [0.05, 0.1) is 7.11 Å². The van der Waals surface area contributed by atoms with Crippen molar-refractivity contribution in [2.24, 2.45) is 5.92 Å². The van der Waals surface area contributed by atoms with Crippen molar-refractivity contribution in [2.45, 2.75) is 12.3 Å². The van der Waals surface area contributed by atoms with Crippen LogP contribution in [0, 0.1) is 5.92 Å². The van der Waals surface area contributed by atoms with E-state index in [0.29, 0.717) is 11.5 Å². The number of methoxy groups -OCH3 is 1. The highest BCUT2D eigenvalue weighted by Gasteiger charge is 2.45. The lowest BCUT2D eigenvalue weighted by atomic mass is 10.1. The molecule has 0 spiro atoms. The molecule has 2 N–H and O–H groups in total. The van der Waals surface area contributed by atoms with E-state index in [1.54, 1.807) is 13.3 Å². The Bertz CT molecular complexity index is 893. The summed E-state index contributed by atoms with van der Waals surface area (Å²) in [6.45, 7) is 0. The smallest absolute Gasteiger partial charge is 0.249 e. The maximum absolute atomic E-state index is 12.4. The van der Waals surface area contributed by atoms with E-state index in [2.05, 4.69) is 25.5 Å². The van der Waals surface area contributed by atoms with Crippen molar-refractivity contribution in [3.8, 4) is 17.3 Å². The zero-order valence-electron chi connectivity index (χ0n) is 13.6. The number of H-pyrrole nitrogens is 1. The number of carbonyl (C=O) groups excluding carboxylic acids is 1. The molecule has 2 heterocycles. The van der Waals surface area contributed by atoms with Gasteiger partial charge in [0.25, 0.3) is 0 Å². The Kier molecular flexibility index (Phi) is 3.89. The molecule has 2 aromatic heterocycles. The molecule has 0 radical (unpaired) electrons. The number of aromatic amines is 1. The first-order chi connectivity index (χ1) is 12.3. The van der Waals surface area contributed by atoms with E-state index in [1.165, 1.54) is 0 Å². The minimum Gasteiger partial charge on any atom is -0.496 e. The third-order valence-corrected chi connectivity index (χ3v) is 4.29. The zero-order chi connectivity index (χ0) is 17.2. The minimum atomic E-state index is -0.0897. The summed E-state index contributed by atoms with van der Waals surface area (Å²) < 4.78 is 5.38. The van der Waals surface area contributed by atoms with Crippen molar-refractivity contribution in [1.29, 1.82) is 0 Å². The predicted molar refractivity (Wildman–Crippen MR) is 92.1 cm³/mol. The first kappa shape index (κ1) is 15.3. The van der Waals surface area contributed by atoms with Gasteiger partial charge >= 0.3 is 0 Å². The topological polar surface area (TPSA) is 92.8 Å². The average molecular weight is 335 g/mol. The van der Waals surface area contributed by atoms with Crippen LogP contribution in [-0.2, 0) is 4.79 Å². The fraction of sp³-hybridized carbons (Fsp3) is 0.222. The summed E-state index contributed by atoms with van der Waals surface area (Å²) in [5.74, 6) is 1.60. The molecule has 1 saturated carbocycles. The van der Waals surface area contributed by atoms with Crippen LogP contribution < -0.4 is 10.1 Å². The molecule has 1 amide bonds. The molecule has 0 bridgehead atoms. The predicted octanol–water partition coefficient (Wildman–Crippen LogP) is 2.62. The van der Waals surface area contributed by atoms with Gasteiger partial charge in [-0.25, -0.2) is 0 Å². The molecule has 7 heteroatoms. The van der Waals surface area contributed by atoms with Crippen LogP contribution in [0.2, 0.25) is 0 Å². The van der Waals surface area contributed by atoms with E-state index in [-0.39, 0.29) is 23.7 Å². The standard InChI is InChI=1S/C18H17N5O2/c1-25-15-8-3-2-6-11(15)12-10-13(12)17(24)21-18-20-16(22-23-18)14-7-4-5-9-19-14/h2-9,12-13H,10H2,1H3,(H2,20,21,22,23,24)/t12-,13+/m0/s1. The third kappa shape index (κ3) is 3.08. The van der Waals surface area contributed by atoms with Crippen LogP contribution in [0.3, 0.4) is 0 Å². The summed E-state index contributed by atoms with van der Waals surface area (Å²) >= 11 is 0. The Labute approximate surface area is 144 Å². The fourth-order valence-corrected chi connectivity index (χ4v) is 2.94. The van der Waals surface area contributed by atoms with Crippen LogP contribution in [0.4, 0.5) is 5.95 Å². The maximum Gasteiger partial charge on any atom is 0.249 e. The van der Waals surface area contributed by atoms with E-state index in [1.807, 2.05) is 42.5 Å². The van der Waals surface area contributed by atoms with Gasteiger partial charge in [-0.15, -0.1) is 5.10 Å². The lowest BCUT2D eigenvalue weighted by Gasteiger charge is -2.07. The summed E-state index contributed by atoms with van der Waals surface area (Å²) in [4.78, 5) is 20.9. The second-order valence-electron chi connectivity index (χ2n) is 5.90. The zero-order valence-corrected chi connectivity index (χ0v) is 13.6. The molecule has 1 fully saturated rings. The Balaban J connectivity index is 1.43. The molecule has 1 aliphatic carbocycles. The minimum absolute atomic E-state index is 0.0810. The van der Waals surface area contributed by atoms with Gasteiger partial charge in [0, 0.05) is 12.1 Å². The van der Waals surface area contributed by atoms with Crippen LogP contribution in [0.1, 0.15) is 17.9 Å². The van der Waals surface area contributed by atoms with E-state index in [4.69, 9.17) is 4.74 Å². The lowest BCUT2D eigenvalue weighted by Crippen LogP contribution is -2.15. The number of benzene rings is 1. The van der Waals surface area contributed by atoms with Gasteiger partial charge in [0.1, 0.15) is 11.4 Å². The number of nitrogens with zero attached hydrogens (tertiary/aromatic N) is 3. The van der Waals surface area contributed by atoms with Crippen LogP contribution >= 0.6 is 0 Å². The molecule has 0 saturated heterocycles. The molecular weight excluding hydrogens is 318 g/mol. The molecule has 3 aromatic rings. The number of hydrogen-bond donors (Lipinski definition) is 2. The number of ether oxygens (including phenoxy) is 1. The van der Waals surface area contributed by atoms with Crippen LogP contribution in [-0.4, -0.2) is 33.2 Å². The number of pyridine rings is 1. The molecule has 1 aromatic carbocycles. The van der Waals surface area contributed by atoms with Gasteiger partial charge in [0.2, 0.25) is 11.9 Å². The number of amides is 1. The van der Waals surface area contributed by atoms with Gasteiger partial charge in [0.15, 0.2) is 5.82 Å². The van der Waals surface area contributed by atoms with Gasteiger partial charge in [-0.3, -0.25) is 20.2 Å². The highest BCUT2D eigenvalue weighted by atomic mass is 16.5. The number of rotatable bonds is 5. The largest absolute Gasteiger partial charge is 0.496 e. The molecule has 0 aliphatic heterocycles. The lowest BCUT2D eigenvalue weighted by molar-refractivity contribution is -0.117. The summed E-state index contributed by atoms with van der Waals surface area (Å²) in [6.07, 6.45) is 2.47. The number of hydrogen-bond acceptors (Lipinski definition) is 5. The van der Waals surface area contributed by atoms with Crippen molar-refractivity contribution in [3.05, 3.63) is 54.2 Å². The highest BCUT2D eigenvalue weighted by molar-refractivity contribution is 5.94. The maximum atomic E-state index is 12.4. The monoisotopic (exact) mass is 335 g/mol. The number of carbonyl (C=O) groups is 1. The van der Waals surface area contributed by atoms with Gasteiger partial charge < -0.3 is 4.74 Å². The van der Waals surface area contributed by atoms with E-state index >= 15 is 0 Å². The normalized spacial score (nSPS) is 18.6. The average Bonchev–Trinajstić information content (AvgIpc) is 3.34. The van der Waals surface area contributed by atoms with Crippen molar-refractivity contribution < 1.29 is 9.53 Å². The molecule has 2 atom stereocenters. The van der Waals surface area contributed by atoms with Crippen LogP contribution in [0.15, 0.2) is 48.7 Å². The summed E-state index contributed by atoms with van der Waals surface area (Å²) in [5, 5.41) is 9.60. The number of para-hydroxylation sites is 1. The molecular formula is C18H17N5O2. The summed E-state index contributed by atoms with van der Waals surface area (Å²) in [5.41, 5.74) is 1.74. The van der Waals surface area contributed by atoms with E-state index < -0.39 is 0 Å². The number of nitrogens with one attached hydrogen (secondary N) is 2. The first-order valence-electron chi connectivity index (χ1n) is 8.04. The summed E-state index contributed by atoms with van der Waals surface area (Å²) in [7, 11) is 1.64. The second-order valence-corrected chi connectivity index (χ2v) is 5.90. The van der Waals surface area contributed by atoms with Crippen molar-refractivity contribution >= 4 is 11.9 Å². The first-order valence-corrected chi connectivity index (χ1v) is 8.04. The molecule has 4 rings (SSSR count). The van der Waals surface area contributed by atoms with Crippen LogP contribution in [0.25, 0.3) is 11.5 Å². The van der Waals surface area contributed by atoms with Crippen molar-refractivity contribution in [1.82, 2.24) is 20.2 Å². The highest BCUT2D eigenvalue weighted by Crippen LogP contribution is 2.50. The molecule has 1 aliphatic rings. The van der Waals surface area contributed by atoms with E-state index in [0.717, 1.165) is 17.7 Å². The van der Waals surface area contributed by atoms with Gasteiger partial charge in [-0.2, -0.15) is 4.98 Å². The third-order valence-electron chi connectivity index (χ3n) is 4.29. The number of anilines is 1. The molecule has 25 heavy (non-hydrogen) atoms. The SMILES string of the molecule is COc1ccccc1[C@@H]1C[C@H]1C(=O)Nc1n[nH]c(-c2ccccn2)n1. The van der Waals surface area contributed by atoms with Gasteiger partial charge in [-0.1, -0.05) is 24.3 Å². The molecule has 7 nitrogen and oxygen atoms in total. The summed E-state index contributed by atoms with van der Waals surface area (Å²) in [6, 6.07) is 13.3. The number of aromatic nitrogens is 4. The quantitative estimate of drug-likeness (QED) is 0.747. The Hall–Kier alpha value is -3.22. The second kappa shape index (κ2) is 6.35. The Morgan fingerprint density at radius 2 is 2.08 bits per heavy atom. The molecule has 0 unspecified atom stereocenters. The van der Waals surface area contributed by atoms with Crippen LogP contribution in [0.5, 0.6) is 5.75 Å². The van der Waals surface area contributed by atoms with Crippen molar-refractivity contribution in [2.75, 3.05) is 12.4 Å². The van der Waals surface area contributed by atoms with Crippen molar-refractivity contribution in [3.63, 3.8) is 0 Å². The van der Waals surface area contributed by atoms with E-state index in [9.17, 15) is 4.79 Å². The molecule has 126 valence electrons. The fourth-order valence-electron chi connectivity index (χ4n) is 2.94.